The lowest BCUT2D eigenvalue weighted by Gasteiger charge is -2.45. The zero-order valence-corrected chi connectivity index (χ0v) is 16.4. The summed E-state index contributed by atoms with van der Waals surface area (Å²) in [6.45, 7) is 8.89. The Morgan fingerprint density at radius 3 is 2.78 bits per heavy atom. The number of nitro groups is 1. The third-order valence-corrected chi connectivity index (χ3v) is 5.36. The summed E-state index contributed by atoms with van der Waals surface area (Å²) in [4.78, 5) is 16.5. The summed E-state index contributed by atoms with van der Waals surface area (Å²) in [6, 6.07) is 7.36. The van der Waals surface area contributed by atoms with Gasteiger partial charge in [-0.1, -0.05) is 6.92 Å². The van der Waals surface area contributed by atoms with Gasteiger partial charge in [0.15, 0.2) is 0 Å². The topological polar surface area (TPSA) is 83.7 Å². The molecule has 0 aliphatic carbocycles. The number of hydrazone groups is 1. The number of benzene rings is 1. The largest absolute Gasteiger partial charge is 0.369 e. The number of hydrogen-bond donors (Lipinski definition) is 1. The second kappa shape index (κ2) is 6.98. The van der Waals surface area contributed by atoms with Crippen LogP contribution in [0.3, 0.4) is 0 Å². The average molecular weight is 367 g/mol. The first kappa shape index (κ1) is 18.8. The van der Waals surface area contributed by atoms with Crippen molar-refractivity contribution in [2.24, 2.45) is 5.10 Å². The van der Waals surface area contributed by atoms with Crippen molar-refractivity contribution < 1.29 is 4.92 Å². The minimum Gasteiger partial charge on any atom is -0.369 e. The second-order valence-corrected chi connectivity index (χ2v) is 7.77. The molecule has 1 aromatic heterocycles. The number of fused-ring (bicyclic) bond motifs is 1. The molecule has 3 rings (SSSR count). The van der Waals surface area contributed by atoms with Gasteiger partial charge >= 0.3 is 0 Å². The van der Waals surface area contributed by atoms with Gasteiger partial charge in [-0.25, -0.2) is 4.98 Å². The smallest absolute Gasteiger partial charge is 0.287 e. The summed E-state index contributed by atoms with van der Waals surface area (Å²) in [5.41, 5.74) is 7.71. The molecule has 0 saturated heterocycles. The lowest BCUT2D eigenvalue weighted by molar-refractivity contribution is -0.385. The van der Waals surface area contributed by atoms with Crippen LogP contribution in [-0.2, 0) is 0 Å². The van der Waals surface area contributed by atoms with Gasteiger partial charge in [-0.2, -0.15) is 5.10 Å². The molecule has 0 spiro atoms. The average Bonchev–Trinajstić information content (AvgIpc) is 2.61. The van der Waals surface area contributed by atoms with E-state index in [-0.39, 0.29) is 11.2 Å². The van der Waals surface area contributed by atoms with Crippen molar-refractivity contribution in [3.8, 4) is 0 Å². The van der Waals surface area contributed by atoms with Crippen molar-refractivity contribution in [1.29, 1.82) is 0 Å². The summed E-state index contributed by atoms with van der Waals surface area (Å²) in [6.07, 6.45) is 4.08. The Morgan fingerprint density at radius 2 is 2.15 bits per heavy atom. The van der Waals surface area contributed by atoms with Crippen LogP contribution in [0, 0.1) is 17.0 Å². The fraction of sp³-hybridized carbons (Fsp3) is 0.400. The van der Waals surface area contributed by atoms with Crippen LogP contribution in [0.5, 0.6) is 0 Å². The molecule has 7 nitrogen and oxygen atoms in total. The molecule has 0 bridgehead atoms. The lowest BCUT2D eigenvalue weighted by atomic mass is 9.79. The summed E-state index contributed by atoms with van der Waals surface area (Å²) in [5, 5.41) is 14.9. The van der Waals surface area contributed by atoms with Gasteiger partial charge in [0, 0.05) is 24.3 Å². The highest BCUT2D eigenvalue weighted by atomic mass is 16.6. The molecule has 1 N–H and O–H groups in total. The molecule has 142 valence electrons. The summed E-state index contributed by atoms with van der Waals surface area (Å²) < 4.78 is 0. The van der Waals surface area contributed by atoms with Crippen LogP contribution in [-0.4, -0.2) is 28.7 Å². The summed E-state index contributed by atoms with van der Waals surface area (Å²) >= 11 is 0. The standard InChI is InChI=1S/C20H25N5O2/c1-13-8-18-17(14(2)10-20(3,4)24(18)5)9-15(13)11-22-23-19-7-6-16(12-21-19)25(26)27/h6-9,11-12,14H,10H2,1-5H3,(H,21,23)/b22-11-/t14-/m1/s1. The molecule has 0 unspecified atom stereocenters. The molecule has 1 aliphatic heterocycles. The first-order valence-electron chi connectivity index (χ1n) is 8.97. The lowest BCUT2D eigenvalue weighted by Crippen LogP contribution is -2.45. The Balaban J connectivity index is 1.81. The van der Waals surface area contributed by atoms with Gasteiger partial charge in [0.1, 0.15) is 12.0 Å². The quantitative estimate of drug-likeness (QED) is 0.490. The first-order chi connectivity index (χ1) is 12.7. The van der Waals surface area contributed by atoms with Crippen molar-refractivity contribution in [3.05, 3.63) is 57.3 Å². The molecule has 7 heteroatoms. The number of hydrogen-bond acceptors (Lipinski definition) is 6. The Morgan fingerprint density at radius 1 is 1.41 bits per heavy atom. The van der Waals surface area contributed by atoms with E-state index in [4.69, 9.17) is 0 Å². The molecule has 0 saturated carbocycles. The molecular formula is C20H25N5O2. The molecule has 1 aliphatic rings. The first-order valence-corrected chi connectivity index (χ1v) is 8.97. The van der Waals surface area contributed by atoms with Crippen LogP contribution in [0.25, 0.3) is 0 Å². The van der Waals surface area contributed by atoms with E-state index in [9.17, 15) is 10.1 Å². The maximum Gasteiger partial charge on any atom is 0.287 e. The minimum atomic E-state index is -0.476. The highest BCUT2D eigenvalue weighted by Crippen LogP contribution is 2.43. The third-order valence-electron chi connectivity index (χ3n) is 5.36. The summed E-state index contributed by atoms with van der Waals surface area (Å²) in [5.74, 6) is 0.936. The zero-order valence-electron chi connectivity index (χ0n) is 16.4. The normalized spacial score (nSPS) is 18.4. The maximum atomic E-state index is 10.7. The van der Waals surface area contributed by atoms with Gasteiger partial charge in [0.05, 0.1) is 11.1 Å². The molecular weight excluding hydrogens is 342 g/mol. The van der Waals surface area contributed by atoms with Gasteiger partial charge < -0.3 is 4.90 Å². The molecule has 0 amide bonds. The van der Waals surface area contributed by atoms with E-state index in [0.29, 0.717) is 11.7 Å². The van der Waals surface area contributed by atoms with Crippen LogP contribution in [0.4, 0.5) is 17.2 Å². The van der Waals surface area contributed by atoms with Gasteiger partial charge in [0.25, 0.3) is 5.69 Å². The van der Waals surface area contributed by atoms with E-state index < -0.39 is 4.92 Å². The molecule has 1 aromatic carbocycles. The SMILES string of the molecule is Cc1cc2c(cc1/C=N\Nc1ccc([N+](=O)[O-])cn1)[C@H](C)CC(C)(C)N2C. The number of pyridine rings is 1. The van der Waals surface area contributed by atoms with Gasteiger partial charge in [0.2, 0.25) is 0 Å². The highest BCUT2D eigenvalue weighted by Gasteiger charge is 2.34. The molecule has 0 radical (unpaired) electrons. The number of aromatic nitrogens is 1. The van der Waals surface area contributed by atoms with E-state index in [1.54, 1.807) is 6.21 Å². The molecule has 1 atom stereocenters. The van der Waals surface area contributed by atoms with Crippen molar-refractivity contribution >= 4 is 23.4 Å². The highest BCUT2D eigenvalue weighted by molar-refractivity contribution is 5.84. The monoisotopic (exact) mass is 367 g/mol. The molecule has 27 heavy (non-hydrogen) atoms. The second-order valence-electron chi connectivity index (χ2n) is 7.77. The predicted octanol–water partition coefficient (Wildman–Crippen LogP) is 4.47. The Kier molecular flexibility index (Phi) is 4.87. The fourth-order valence-corrected chi connectivity index (χ4v) is 3.60. The van der Waals surface area contributed by atoms with Crippen molar-refractivity contribution in [2.75, 3.05) is 17.4 Å². The minimum absolute atomic E-state index is 0.0453. The van der Waals surface area contributed by atoms with Crippen molar-refractivity contribution in [2.45, 2.75) is 45.6 Å². The third kappa shape index (κ3) is 3.77. The van der Waals surface area contributed by atoms with Gasteiger partial charge in [-0.15, -0.1) is 0 Å². The van der Waals surface area contributed by atoms with E-state index in [0.717, 1.165) is 17.5 Å². The van der Waals surface area contributed by atoms with Crippen molar-refractivity contribution in [1.82, 2.24) is 4.98 Å². The van der Waals surface area contributed by atoms with Crippen molar-refractivity contribution in [3.63, 3.8) is 0 Å². The Bertz CT molecular complexity index is 890. The number of rotatable bonds is 4. The number of nitrogens with zero attached hydrogens (tertiary/aromatic N) is 4. The molecule has 2 heterocycles. The van der Waals surface area contributed by atoms with Crippen LogP contribution in [0.1, 0.15) is 49.8 Å². The van der Waals surface area contributed by atoms with Crippen LogP contribution in [0.15, 0.2) is 35.6 Å². The number of aryl methyl sites for hydroxylation is 1. The van der Waals surface area contributed by atoms with E-state index in [1.165, 1.54) is 29.6 Å². The predicted molar refractivity (Wildman–Crippen MR) is 109 cm³/mol. The van der Waals surface area contributed by atoms with Gasteiger partial charge in [-0.3, -0.25) is 15.5 Å². The molecule has 2 aromatic rings. The van der Waals surface area contributed by atoms with E-state index in [1.807, 2.05) is 0 Å². The van der Waals surface area contributed by atoms with E-state index in [2.05, 4.69) is 67.3 Å². The zero-order chi connectivity index (χ0) is 19.8. The van der Waals surface area contributed by atoms with Crippen LogP contribution in [0.2, 0.25) is 0 Å². The Labute approximate surface area is 159 Å². The molecule has 0 fully saturated rings. The van der Waals surface area contributed by atoms with E-state index >= 15 is 0 Å². The van der Waals surface area contributed by atoms with Crippen LogP contribution >= 0.6 is 0 Å². The number of nitrogens with one attached hydrogen (secondary N) is 1. The van der Waals surface area contributed by atoms with Crippen LogP contribution < -0.4 is 10.3 Å². The fourth-order valence-electron chi connectivity index (χ4n) is 3.60. The van der Waals surface area contributed by atoms with Gasteiger partial charge in [-0.05, 0) is 68.0 Å². The Hall–Kier alpha value is -2.96. The number of anilines is 2. The summed E-state index contributed by atoms with van der Waals surface area (Å²) in [7, 11) is 2.15. The maximum absolute atomic E-state index is 10.7.